The molecule has 0 unspecified atom stereocenters. The van der Waals surface area contributed by atoms with Crippen molar-refractivity contribution in [2.45, 2.75) is 27.2 Å². The molecule has 1 N–H and O–H groups in total. The van der Waals surface area contributed by atoms with Gasteiger partial charge in [-0.2, -0.15) is 0 Å². The van der Waals surface area contributed by atoms with E-state index in [-0.39, 0.29) is 18.4 Å². The van der Waals surface area contributed by atoms with Gasteiger partial charge in [-0.05, 0) is 26.3 Å². The van der Waals surface area contributed by atoms with Crippen LogP contribution in [0, 0.1) is 13.8 Å². The number of ether oxygens (including phenoxy) is 2. The lowest BCUT2D eigenvalue weighted by molar-refractivity contribution is -0.140. The summed E-state index contributed by atoms with van der Waals surface area (Å²) in [5.74, 6) is -0.611. The third-order valence-electron chi connectivity index (χ3n) is 2.71. The average Bonchev–Trinajstić information content (AvgIpc) is 2.65. The molecule has 0 radical (unpaired) electrons. The Hall–Kier alpha value is -1.56. The van der Waals surface area contributed by atoms with Crippen LogP contribution in [0.25, 0.3) is 0 Å². The summed E-state index contributed by atoms with van der Waals surface area (Å²) < 4.78 is 9.61. The fraction of sp³-hybridized carbons (Fsp3) is 0.538. The SMILES string of the molecule is CCOC(=O)c1c(NCCC(=O)OC)sc(C)c1C. The van der Waals surface area contributed by atoms with Crippen LogP contribution in [-0.2, 0) is 14.3 Å². The molecule has 19 heavy (non-hydrogen) atoms. The number of thiophene rings is 1. The second-order valence-electron chi connectivity index (χ2n) is 3.96. The molecule has 1 aromatic heterocycles. The molecule has 0 amide bonds. The predicted molar refractivity (Wildman–Crippen MR) is 74.9 cm³/mol. The molecule has 0 bridgehead atoms. The zero-order chi connectivity index (χ0) is 14.4. The van der Waals surface area contributed by atoms with Crippen LogP contribution in [0.5, 0.6) is 0 Å². The van der Waals surface area contributed by atoms with Crippen molar-refractivity contribution in [3.63, 3.8) is 0 Å². The minimum absolute atomic E-state index is 0.259. The highest BCUT2D eigenvalue weighted by Crippen LogP contribution is 2.32. The van der Waals surface area contributed by atoms with Crippen LogP contribution in [0.4, 0.5) is 5.00 Å². The summed E-state index contributed by atoms with van der Waals surface area (Å²) in [6.07, 6.45) is 0.259. The van der Waals surface area contributed by atoms with Gasteiger partial charge in [-0.15, -0.1) is 11.3 Å². The van der Waals surface area contributed by atoms with Gasteiger partial charge in [-0.25, -0.2) is 4.79 Å². The minimum atomic E-state index is -0.329. The molecule has 0 spiro atoms. The Kier molecular flexibility index (Phi) is 5.82. The topological polar surface area (TPSA) is 64.6 Å². The fourth-order valence-electron chi connectivity index (χ4n) is 1.58. The number of hydrogen-bond acceptors (Lipinski definition) is 6. The highest BCUT2D eigenvalue weighted by Gasteiger charge is 2.20. The van der Waals surface area contributed by atoms with Crippen molar-refractivity contribution in [3.8, 4) is 0 Å². The van der Waals surface area contributed by atoms with Gasteiger partial charge < -0.3 is 14.8 Å². The molecule has 106 valence electrons. The minimum Gasteiger partial charge on any atom is -0.469 e. The number of esters is 2. The third kappa shape index (κ3) is 3.96. The Morgan fingerprint density at radius 3 is 2.58 bits per heavy atom. The van der Waals surface area contributed by atoms with Crippen LogP contribution in [0.3, 0.4) is 0 Å². The van der Waals surface area contributed by atoms with E-state index in [0.717, 1.165) is 15.4 Å². The normalized spacial score (nSPS) is 10.1. The number of nitrogens with one attached hydrogen (secondary N) is 1. The summed E-state index contributed by atoms with van der Waals surface area (Å²) in [5.41, 5.74) is 1.48. The maximum Gasteiger partial charge on any atom is 0.341 e. The first-order valence-corrected chi connectivity index (χ1v) is 6.90. The maximum atomic E-state index is 11.9. The van der Waals surface area contributed by atoms with E-state index in [2.05, 4.69) is 10.1 Å². The van der Waals surface area contributed by atoms with Crippen molar-refractivity contribution in [2.24, 2.45) is 0 Å². The first-order chi connectivity index (χ1) is 9.01. The molecule has 0 atom stereocenters. The van der Waals surface area contributed by atoms with E-state index in [0.29, 0.717) is 18.7 Å². The van der Waals surface area contributed by atoms with Crippen LogP contribution in [0.2, 0.25) is 0 Å². The molecule has 0 fully saturated rings. The molecule has 1 aromatic rings. The summed E-state index contributed by atoms with van der Waals surface area (Å²) in [6.45, 7) is 6.39. The zero-order valence-corrected chi connectivity index (χ0v) is 12.5. The molecule has 0 aromatic carbocycles. The number of carbonyl (C=O) groups is 2. The van der Waals surface area contributed by atoms with Crippen molar-refractivity contribution < 1.29 is 19.1 Å². The van der Waals surface area contributed by atoms with Crippen LogP contribution >= 0.6 is 11.3 Å². The summed E-state index contributed by atoms with van der Waals surface area (Å²) >= 11 is 1.49. The quantitative estimate of drug-likeness (QED) is 0.814. The van der Waals surface area contributed by atoms with Gasteiger partial charge in [0.25, 0.3) is 0 Å². The predicted octanol–water partition coefficient (Wildman–Crippen LogP) is 2.52. The Labute approximate surface area is 116 Å². The molecule has 0 aliphatic heterocycles. The molecule has 1 heterocycles. The lowest BCUT2D eigenvalue weighted by atomic mass is 10.1. The summed E-state index contributed by atoms with van der Waals surface area (Å²) in [4.78, 5) is 24.0. The van der Waals surface area contributed by atoms with Gasteiger partial charge in [0.05, 0.1) is 25.7 Å². The van der Waals surface area contributed by atoms with Gasteiger partial charge in [-0.1, -0.05) is 0 Å². The fourth-order valence-corrected chi connectivity index (χ4v) is 2.65. The van der Waals surface area contributed by atoms with E-state index in [1.54, 1.807) is 6.92 Å². The van der Waals surface area contributed by atoms with Crippen molar-refractivity contribution in [3.05, 3.63) is 16.0 Å². The summed E-state index contributed by atoms with van der Waals surface area (Å²) in [6, 6.07) is 0. The van der Waals surface area contributed by atoms with Gasteiger partial charge in [0.15, 0.2) is 0 Å². The Bertz CT molecular complexity index is 467. The Morgan fingerprint density at radius 2 is 2.00 bits per heavy atom. The molecule has 0 aliphatic carbocycles. The van der Waals surface area contributed by atoms with Crippen molar-refractivity contribution in [1.82, 2.24) is 0 Å². The first kappa shape index (κ1) is 15.5. The van der Waals surface area contributed by atoms with E-state index in [1.165, 1.54) is 18.4 Å². The summed E-state index contributed by atoms with van der Waals surface area (Å²) in [7, 11) is 1.35. The van der Waals surface area contributed by atoms with Gasteiger partial charge in [-0.3, -0.25) is 4.79 Å². The van der Waals surface area contributed by atoms with E-state index in [1.807, 2.05) is 13.8 Å². The molecule has 0 saturated carbocycles. The number of hydrogen-bond donors (Lipinski definition) is 1. The van der Waals surface area contributed by atoms with Gasteiger partial charge in [0.1, 0.15) is 5.00 Å². The zero-order valence-electron chi connectivity index (χ0n) is 11.7. The second-order valence-corrected chi connectivity index (χ2v) is 5.19. The number of carbonyl (C=O) groups excluding carboxylic acids is 2. The highest BCUT2D eigenvalue weighted by molar-refractivity contribution is 7.16. The van der Waals surface area contributed by atoms with Crippen molar-refractivity contribution >= 4 is 28.3 Å². The largest absolute Gasteiger partial charge is 0.469 e. The molecule has 6 heteroatoms. The van der Waals surface area contributed by atoms with E-state index >= 15 is 0 Å². The monoisotopic (exact) mass is 285 g/mol. The standard InChI is InChI=1S/C13H19NO4S/c1-5-18-13(16)11-8(2)9(3)19-12(11)14-7-6-10(15)17-4/h14H,5-7H2,1-4H3. The molecule has 5 nitrogen and oxygen atoms in total. The Morgan fingerprint density at radius 1 is 1.32 bits per heavy atom. The number of aryl methyl sites for hydroxylation is 1. The van der Waals surface area contributed by atoms with E-state index in [9.17, 15) is 9.59 Å². The summed E-state index contributed by atoms with van der Waals surface area (Å²) in [5, 5.41) is 3.84. The molecule has 0 saturated heterocycles. The second kappa shape index (κ2) is 7.13. The van der Waals surface area contributed by atoms with Gasteiger partial charge in [0.2, 0.25) is 0 Å². The van der Waals surface area contributed by atoms with Gasteiger partial charge >= 0.3 is 11.9 Å². The van der Waals surface area contributed by atoms with Crippen LogP contribution < -0.4 is 5.32 Å². The average molecular weight is 285 g/mol. The van der Waals surface area contributed by atoms with Crippen LogP contribution in [0.1, 0.15) is 34.1 Å². The molecule has 1 rings (SSSR count). The number of rotatable bonds is 6. The molecule has 0 aliphatic rings. The lowest BCUT2D eigenvalue weighted by Crippen LogP contribution is -2.12. The molecular weight excluding hydrogens is 266 g/mol. The van der Waals surface area contributed by atoms with E-state index < -0.39 is 0 Å². The molecular formula is C13H19NO4S. The van der Waals surface area contributed by atoms with E-state index in [4.69, 9.17) is 4.74 Å². The van der Waals surface area contributed by atoms with Crippen molar-refractivity contribution in [2.75, 3.05) is 25.6 Å². The van der Waals surface area contributed by atoms with Crippen LogP contribution in [-0.4, -0.2) is 32.2 Å². The lowest BCUT2D eigenvalue weighted by Gasteiger charge is -2.07. The third-order valence-corrected chi connectivity index (χ3v) is 3.87. The smallest absolute Gasteiger partial charge is 0.341 e. The van der Waals surface area contributed by atoms with Gasteiger partial charge in [0, 0.05) is 11.4 Å². The number of anilines is 1. The first-order valence-electron chi connectivity index (χ1n) is 6.09. The number of methoxy groups -OCH3 is 1. The Balaban J connectivity index is 2.80. The van der Waals surface area contributed by atoms with Crippen molar-refractivity contribution in [1.29, 1.82) is 0 Å². The maximum absolute atomic E-state index is 11.9. The highest BCUT2D eigenvalue weighted by atomic mass is 32.1. The van der Waals surface area contributed by atoms with Crippen LogP contribution in [0.15, 0.2) is 0 Å².